The van der Waals surface area contributed by atoms with Crippen molar-refractivity contribution in [1.29, 1.82) is 0 Å². The van der Waals surface area contributed by atoms with Crippen LogP contribution in [0.1, 0.15) is 15.9 Å². The first-order valence-electron chi connectivity index (χ1n) is 5.57. The van der Waals surface area contributed by atoms with Crippen LogP contribution in [0, 0.1) is 5.82 Å². The van der Waals surface area contributed by atoms with Crippen molar-refractivity contribution in [3.8, 4) is 0 Å². The molecule has 0 spiro atoms. The van der Waals surface area contributed by atoms with Crippen LogP contribution in [0.3, 0.4) is 0 Å². The molecule has 1 aromatic carbocycles. The third kappa shape index (κ3) is 3.00. The van der Waals surface area contributed by atoms with Crippen LogP contribution in [0.25, 0.3) is 0 Å². The van der Waals surface area contributed by atoms with E-state index in [4.69, 9.17) is 5.73 Å². The molecule has 0 aliphatic rings. The second-order valence-corrected chi connectivity index (χ2v) is 4.60. The van der Waals surface area contributed by atoms with Crippen molar-refractivity contribution >= 4 is 28.3 Å². The Kier molecular flexibility index (Phi) is 3.96. The van der Waals surface area contributed by atoms with Gasteiger partial charge in [0.2, 0.25) is 0 Å². The molecule has 19 heavy (non-hydrogen) atoms. The number of benzene rings is 1. The van der Waals surface area contributed by atoms with Crippen LogP contribution < -0.4 is 16.4 Å². The van der Waals surface area contributed by atoms with Gasteiger partial charge in [-0.05, 0) is 29.2 Å². The highest BCUT2D eigenvalue weighted by Gasteiger charge is 2.17. The zero-order valence-corrected chi connectivity index (χ0v) is 11.1. The monoisotopic (exact) mass is 280 g/mol. The van der Waals surface area contributed by atoms with E-state index in [0.717, 1.165) is 17.1 Å². The Hall–Kier alpha value is -2.15. The topological polar surface area (TPSA) is 80.0 Å². The lowest BCUT2D eigenvalue weighted by molar-refractivity contribution is 0.0965. The number of nitrogens with two attached hydrogens (primary N) is 1. The molecule has 1 aromatic heterocycles. The third-order valence-corrected chi connectivity index (χ3v) is 3.36. The lowest BCUT2D eigenvalue weighted by Gasteiger charge is -2.06. The zero-order valence-electron chi connectivity index (χ0n) is 10.2. The summed E-state index contributed by atoms with van der Waals surface area (Å²) in [5, 5.41) is 6.19. The lowest BCUT2D eigenvalue weighted by atomic mass is 10.2. The number of halogens is 1. The van der Waals surface area contributed by atoms with Gasteiger partial charge < -0.3 is 16.4 Å². The largest absolute Gasteiger partial charge is 0.382 e. The van der Waals surface area contributed by atoms with E-state index >= 15 is 0 Å². The lowest BCUT2D eigenvalue weighted by Crippen LogP contribution is -2.20. The molecule has 1 amide bonds. The fourth-order valence-electron chi connectivity index (χ4n) is 1.55. The summed E-state index contributed by atoms with van der Waals surface area (Å²) in [7, 11) is 1.53. The molecule has 0 saturated carbocycles. The molecule has 4 N–H and O–H groups in total. The number of hydrogen-bond acceptors (Lipinski definition) is 5. The van der Waals surface area contributed by atoms with Gasteiger partial charge >= 0.3 is 0 Å². The van der Waals surface area contributed by atoms with Gasteiger partial charge in [0, 0.05) is 13.6 Å². The molecule has 0 fully saturated rings. The Balaban J connectivity index is 2.11. The molecule has 0 aliphatic heterocycles. The highest BCUT2D eigenvalue weighted by molar-refractivity contribution is 7.11. The standard InChI is InChI=1S/C12H13FN4OS/c1-15-11(18)9-10(14)17-19-12(9)16-6-7-2-4-8(13)5-3-7/h2-5,16H,6H2,1H3,(H2,14,17)(H,15,18). The minimum Gasteiger partial charge on any atom is -0.382 e. The van der Waals surface area contributed by atoms with Gasteiger partial charge in [0.15, 0.2) is 5.82 Å². The average Bonchev–Trinajstić information content (AvgIpc) is 2.78. The molecule has 0 atom stereocenters. The Labute approximate surface area is 113 Å². The van der Waals surface area contributed by atoms with Gasteiger partial charge in [0.25, 0.3) is 5.91 Å². The highest BCUT2D eigenvalue weighted by Crippen LogP contribution is 2.27. The van der Waals surface area contributed by atoms with Gasteiger partial charge in [-0.1, -0.05) is 12.1 Å². The van der Waals surface area contributed by atoms with Crippen LogP contribution in [0.4, 0.5) is 15.2 Å². The molecule has 0 radical (unpaired) electrons. The van der Waals surface area contributed by atoms with E-state index in [1.807, 2.05) is 0 Å². The number of nitrogen functional groups attached to an aromatic ring is 1. The molecule has 0 saturated heterocycles. The van der Waals surface area contributed by atoms with E-state index in [0.29, 0.717) is 17.1 Å². The second-order valence-electron chi connectivity index (χ2n) is 3.83. The van der Waals surface area contributed by atoms with E-state index in [9.17, 15) is 9.18 Å². The summed E-state index contributed by atoms with van der Waals surface area (Å²) in [5.74, 6) is -0.365. The predicted molar refractivity (Wildman–Crippen MR) is 73.6 cm³/mol. The number of amides is 1. The number of anilines is 2. The van der Waals surface area contributed by atoms with E-state index < -0.39 is 0 Å². The predicted octanol–water partition coefficient (Wildman–Crippen LogP) is 1.84. The van der Waals surface area contributed by atoms with Crippen molar-refractivity contribution in [3.63, 3.8) is 0 Å². The molecule has 100 valence electrons. The van der Waals surface area contributed by atoms with E-state index in [-0.39, 0.29) is 17.5 Å². The summed E-state index contributed by atoms with van der Waals surface area (Å²) in [5.41, 5.74) is 6.90. The number of rotatable bonds is 4. The fourth-order valence-corrected chi connectivity index (χ4v) is 2.26. The maximum absolute atomic E-state index is 12.8. The molecular weight excluding hydrogens is 267 g/mol. The van der Waals surface area contributed by atoms with E-state index in [1.54, 1.807) is 12.1 Å². The highest BCUT2D eigenvalue weighted by atomic mass is 32.1. The molecule has 1 heterocycles. The van der Waals surface area contributed by atoms with Crippen LogP contribution in [-0.2, 0) is 6.54 Å². The number of carbonyl (C=O) groups is 1. The van der Waals surface area contributed by atoms with Crippen molar-refractivity contribution in [1.82, 2.24) is 9.69 Å². The second kappa shape index (κ2) is 5.66. The van der Waals surface area contributed by atoms with Crippen LogP contribution in [-0.4, -0.2) is 17.3 Å². The first-order valence-corrected chi connectivity index (χ1v) is 6.34. The summed E-state index contributed by atoms with van der Waals surface area (Å²) < 4.78 is 16.7. The average molecular weight is 280 g/mol. The van der Waals surface area contributed by atoms with Crippen LogP contribution >= 0.6 is 11.5 Å². The Morgan fingerprint density at radius 2 is 2.11 bits per heavy atom. The smallest absolute Gasteiger partial charge is 0.257 e. The molecule has 5 nitrogen and oxygen atoms in total. The third-order valence-electron chi connectivity index (χ3n) is 2.54. The van der Waals surface area contributed by atoms with Gasteiger partial charge in [-0.2, -0.15) is 4.37 Å². The minimum atomic E-state index is -0.284. The van der Waals surface area contributed by atoms with E-state index in [1.165, 1.54) is 19.2 Å². The zero-order chi connectivity index (χ0) is 13.8. The summed E-state index contributed by atoms with van der Waals surface area (Å²) >= 11 is 1.12. The van der Waals surface area contributed by atoms with Crippen molar-refractivity contribution in [2.45, 2.75) is 6.54 Å². The molecule has 0 unspecified atom stereocenters. The number of hydrogen-bond donors (Lipinski definition) is 3. The quantitative estimate of drug-likeness (QED) is 0.798. The summed E-state index contributed by atoms with van der Waals surface area (Å²) in [4.78, 5) is 11.7. The van der Waals surface area contributed by atoms with Crippen molar-refractivity contribution < 1.29 is 9.18 Å². The summed E-state index contributed by atoms with van der Waals surface area (Å²) in [6.07, 6.45) is 0. The maximum Gasteiger partial charge on any atom is 0.257 e. The molecule has 0 aliphatic carbocycles. The number of nitrogens with zero attached hydrogens (tertiary/aromatic N) is 1. The van der Waals surface area contributed by atoms with Gasteiger partial charge in [-0.3, -0.25) is 4.79 Å². The molecule has 0 bridgehead atoms. The SMILES string of the molecule is CNC(=O)c1c(N)nsc1NCc1ccc(F)cc1. The molecule has 2 aromatic rings. The normalized spacial score (nSPS) is 10.2. The van der Waals surface area contributed by atoms with Gasteiger partial charge in [-0.25, -0.2) is 4.39 Å². The maximum atomic E-state index is 12.8. The molecule has 7 heteroatoms. The summed E-state index contributed by atoms with van der Waals surface area (Å²) in [6.45, 7) is 0.464. The molecule has 2 rings (SSSR count). The van der Waals surface area contributed by atoms with Crippen LogP contribution in [0.5, 0.6) is 0 Å². The van der Waals surface area contributed by atoms with Crippen molar-refractivity contribution in [3.05, 3.63) is 41.2 Å². The Morgan fingerprint density at radius 3 is 2.74 bits per heavy atom. The fraction of sp³-hybridized carbons (Fsp3) is 0.167. The molecular formula is C12H13FN4OS. The van der Waals surface area contributed by atoms with Gasteiger partial charge in [-0.15, -0.1) is 0 Å². The first-order chi connectivity index (χ1) is 9.11. The summed E-state index contributed by atoms with van der Waals surface area (Å²) in [6, 6.07) is 6.12. The van der Waals surface area contributed by atoms with Gasteiger partial charge in [0.1, 0.15) is 16.4 Å². The Morgan fingerprint density at radius 1 is 1.42 bits per heavy atom. The minimum absolute atomic E-state index is 0.200. The number of carbonyl (C=O) groups excluding carboxylic acids is 1. The van der Waals surface area contributed by atoms with E-state index in [2.05, 4.69) is 15.0 Å². The van der Waals surface area contributed by atoms with Crippen LogP contribution in [0.2, 0.25) is 0 Å². The van der Waals surface area contributed by atoms with Gasteiger partial charge in [0.05, 0.1) is 0 Å². The number of nitrogens with one attached hydrogen (secondary N) is 2. The van der Waals surface area contributed by atoms with Crippen LogP contribution in [0.15, 0.2) is 24.3 Å². The van der Waals surface area contributed by atoms with Crippen molar-refractivity contribution in [2.75, 3.05) is 18.1 Å². The van der Waals surface area contributed by atoms with Crippen molar-refractivity contribution in [2.24, 2.45) is 0 Å². The number of aromatic nitrogens is 1. The Bertz CT molecular complexity index is 582. The first kappa shape index (κ1) is 13.3.